The highest BCUT2D eigenvalue weighted by Crippen LogP contribution is 2.39. The first kappa shape index (κ1) is 12.4. The Morgan fingerprint density at radius 2 is 1.93 bits per heavy atom. The van der Waals surface area contributed by atoms with Crippen LogP contribution in [0.1, 0.15) is 46.5 Å². The molecule has 1 heteroatoms. The third-order valence-electron chi connectivity index (χ3n) is 3.44. The van der Waals surface area contributed by atoms with Gasteiger partial charge in [0.1, 0.15) is 6.61 Å². The van der Waals surface area contributed by atoms with Crippen LogP contribution in [0.3, 0.4) is 0 Å². The third kappa shape index (κ3) is 4.11. The van der Waals surface area contributed by atoms with Gasteiger partial charge in [0.05, 0.1) is 6.26 Å². The summed E-state index contributed by atoms with van der Waals surface area (Å²) in [6.45, 7) is 11.3. The van der Waals surface area contributed by atoms with Gasteiger partial charge in [-0.3, -0.25) is 0 Å². The minimum absolute atomic E-state index is 0.475. The monoisotopic (exact) mass is 208 g/mol. The molecule has 0 aromatic heterocycles. The van der Waals surface area contributed by atoms with Gasteiger partial charge in [0.15, 0.2) is 0 Å². The number of rotatable bonds is 3. The molecule has 1 nitrogen and oxygen atoms in total. The Hall–Kier alpha value is -0.720. The molecule has 1 rings (SSSR count). The van der Waals surface area contributed by atoms with E-state index in [1.807, 2.05) is 0 Å². The Balaban J connectivity index is 2.35. The summed E-state index contributed by atoms with van der Waals surface area (Å²) in [6, 6.07) is 0. The standard InChI is InChI=1S/C14H24O/c1-5-15-11-10-12-6-8-13(9-7-12)14(2,3)4/h5,10,13H,1,6-9,11H2,2-4H3. The molecule has 0 atom stereocenters. The van der Waals surface area contributed by atoms with Crippen molar-refractivity contribution in [2.75, 3.05) is 6.61 Å². The molecule has 0 N–H and O–H groups in total. The maximum Gasteiger partial charge on any atom is 0.106 e. The molecule has 0 aromatic carbocycles. The summed E-state index contributed by atoms with van der Waals surface area (Å²) in [5.74, 6) is 0.884. The lowest BCUT2D eigenvalue weighted by molar-refractivity contribution is 0.196. The van der Waals surface area contributed by atoms with Crippen LogP contribution in [0.15, 0.2) is 24.5 Å². The van der Waals surface area contributed by atoms with Gasteiger partial charge in [-0.15, -0.1) is 0 Å². The molecule has 0 aliphatic heterocycles. The number of ether oxygens (including phenoxy) is 1. The third-order valence-corrected chi connectivity index (χ3v) is 3.44. The summed E-state index contributed by atoms with van der Waals surface area (Å²) in [5.41, 5.74) is 2.04. The van der Waals surface area contributed by atoms with Crippen molar-refractivity contribution in [1.82, 2.24) is 0 Å². The summed E-state index contributed by atoms with van der Waals surface area (Å²) < 4.78 is 5.12. The predicted octanol–water partition coefficient (Wildman–Crippen LogP) is 4.31. The molecule has 86 valence electrons. The predicted molar refractivity (Wildman–Crippen MR) is 65.6 cm³/mol. The maximum absolute atomic E-state index is 5.12. The van der Waals surface area contributed by atoms with Gasteiger partial charge in [-0.25, -0.2) is 0 Å². The molecule has 1 saturated carbocycles. The van der Waals surface area contributed by atoms with E-state index in [1.54, 1.807) is 5.57 Å². The molecule has 1 aliphatic carbocycles. The summed E-state index contributed by atoms with van der Waals surface area (Å²) in [6.07, 6.45) is 8.91. The minimum atomic E-state index is 0.475. The normalized spacial score (nSPS) is 22.3. The van der Waals surface area contributed by atoms with E-state index in [0.717, 1.165) is 5.92 Å². The SMILES string of the molecule is C=COCC=C1CCC(C(C)(C)C)CC1. The molecule has 0 spiro atoms. The summed E-state index contributed by atoms with van der Waals surface area (Å²) in [7, 11) is 0. The van der Waals surface area contributed by atoms with E-state index in [4.69, 9.17) is 4.74 Å². The highest BCUT2D eigenvalue weighted by Gasteiger charge is 2.27. The second-order valence-electron chi connectivity index (χ2n) is 5.50. The van der Waals surface area contributed by atoms with Crippen molar-refractivity contribution >= 4 is 0 Å². The van der Waals surface area contributed by atoms with E-state index < -0.39 is 0 Å². The molecule has 0 radical (unpaired) electrons. The van der Waals surface area contributed by atoms with Gasteiger partial charge in [0.25, 0.3) is 0 Å². The average molecular weight is 208 g/mol. The molecule has 1 aliphatic rings. The Morgan fingerprint density at radius 1 is 1.33 bits per heavy atom. The van der Waals surface area contributed by atoms with Crippen LogP contribution in [0.2, 0.25) is 0 Å². The second kappa shape index (κ2) is 5.39. The minimum Gasteiger partial charge on any atom is -0.498 e. The average Bonchev–Trinajstić information content (AvgIpc) is 2.18. The van der Waals surface area contributed by atoms with Gasteiger partial charge in [-0.1, -0.05) is 32.9 Å². The van der Waals surface area contributed by atoms with Gasteiger partial charge < -0.3 is 4.74 Å². The van der Waals surface area contributed by atoms with Gasteiger partial charge >= 0.3 is 0 Å². The van der Waals surface area contributed by atoms with Crippen LogP contribution in [-0.4, -0.2) is 6.61 Å². The molecular formula is C14H24O. The van der Waals surface area contributed by atoms with E-state index >= 15 is 0 Å². The van der Waals surface area contributed by atoms with E-state index in [2.05, 4.69) is 33.4 Å². The maximum atomic E-state index is 5.12. The molecule has 0 unspecified atom stereocenters. The van der Waals surface area contributed by atoms with Crippen molar-refractivity contribution in [3.05, 3.63) is 24.5 Å². The van der Waals surface area contributed by atoms with E-state index in [-0.39, 0.29) is 0 Å². The Bertz CT molecular complexity index is 222. The molecule has 15 heavy (non-hydrogen) atoms. The van der Waals surface area contributed by atoms with Crippen LogP contribution in [-0.2, 0) is 4.74 Å². The van der Waals surface area contributed by atoms with E-state index in [1.165, 1.54) is 31.9 Å². The first-order valence-electron chi connectivity index (χ1n) is 5.94. The zero-order valence-electron chi connectivity index (χ0n) is 10.4. The lowest BCUT2D eigenvalue weighted by Crippen LogP contribution is -2.23. The summed E-state index contributed by atoms with van der Waals surface area (Å²) >= 11 is 0. The first-order valence-corrected chi connectivity index (χ1v) is 5.94. The molecule has 0 amide bonds. The molecule has 0 heterocycles. The summed E-state index contributed by atoms with van der Waals surface area (Å²) in [4.78, 5) is 0. The van der Waals surface area contributed by atoms with Crippen molar-refractivity contribution in [2.24, 2.45) is 11.3 Å². The largest absolute Gasteiger partial charge is 0.498 e. The van der Waals surface area contributed by atoms with E-state index in [9.17, 15) is 0 Å². The lowest BCUT2D eigenvalue weighted by Gasteiger charge is -2.34. The first-order chi connectivity index (χ1) is 7.04. The fourth-order valence-electron chi connectivity index (χ4n) is 2.29. The zero-order valence-corrected chi connectivity index (χ0v) is 10.4. The number of hydrogen-bond donors (Lipinski definition) is 0. The van der Waals surface area contributed by atoms with Crippen molar-refractivity contribution in [2.45, 2.75) is 46.5 Å². The Kier molecular flexibility index (Phi) is 4.44. The van der Waals surface area contributed by atoms with Crippen molar-refractivity contribution in [3.8, 4) is 0 Å². The van der Waals surface area contributed by atoms with Crippen LogP contribution in [0.25, 0.3) is 0 Å². The van der Waals surface area contributed by atoms with Gasteiger partial charge in [0, 0.05) is 0 Å². The van der Waals surface area contributed by atoms with Crippen LogP contribution in [0.4, 0.5) is 0 Å². The lowest BCUT2D eigenvalue weighted by atomic mass is 9.71. The van der Waals surface area contributed by atoms with Crippen molar-refractivity contribution < 1.29 is 4.74 Å². The number of allylic oxidation sites excluding steroid dienone is 1. The Morgan fingerprint density at radius 3 is 2.40 bits per heavy atom. The van der Waals surface area contributed by atoms with Crippen molar-refractivity contribution in [1.29, 1.82) is 0 Å². The second-order valence-corrected chi connectivity index (χ2v) is 5.50. The fraction of sp³-hybridized carbons (Fsp3) is 0.714. The van der Waals surface area contributed by atoms with Gasteiger partial charge in [0.2, 0.25) is 0 Å². The fourth-order valence-corrected chi connectivity index (χ4v) is 2.29. The molecule has 0 aromatic rings. The topological polar surface area (TPSA) is 9.23 Å². The molecule has 0 bridgehead atoms. The van der Waals surface area contributed by atoms with Crippen LogP contribution >= 0.6 is 0 Å². The van der Waals surface area contributed by atoms with E-state index in [0.29, 0.717) is 12.0 Å². The highest BCUT2D eigenvalue weighted by molar-refractivity contribution is 5.06. The summed E-state index contributed by atoms with van der Waals surface area (Å²) in [5, 5.41) is 0. The van der Waals surface area contributed by atoms with Crippen LogP contribution in [0.5, 0.6) is 0 Å². The number of hydrogen-bond acceptors (Lipinski definition) is 1. The highest BCUT2D eigenvalue weighted by atomic mass is 16.5. The van der Waals surface area contributed by atoms with Gasteiger partial charge in [-0.05, 0) is 43.1 Å². The molecule has 1 fully saturated rings. The Labute approximate surface area is 94.2 Å². The zero-order chi connectivity index (χ0) is 11.3. The van der Waals surface area contributed by atoms with Crippen LogP contribution in [0, 0.1) is 11.3 Å². The quantitative estimate of drug-likeness (QED) is 0.381. The smallest absolute Gasteiger partial charge is 0.106 e. The van der Waals surface area contributed by atoms with Crippen LogP contribution < -0.4 is 0 Å². The molecular weight excluding hydrogens is 184 g/mol. The van der Waals surface area contributed by atoms with Gasteiger partial charge in [-0.2, -0.15) is 0 Å². The van der Waals surface area contributed by atoms with Crippen molar-refractivity contribution in [3.63, 3.8) is 0 Å². The molecule has 0 saturated heterocycles.